The number of nitrogens with zero attached hydrogens (tertiary/aromatic N) is 1. The lowest BCUT2D eigenvalue weighted by molar-refractivity contribution is 0.0697. The van der Waals surface area contributed by atoms with E-state index >= 15 is 0 Å². The first kappa shape index (κ1) is 16.5. The van der Waals surface area contributed by atoms with E-state index in [1.165, 1.54) is 10.4 Å². The second-order valence-electron chi connectivity index (χ2n) is 5.87. The number of hydrogen-bond donors (Lipinski definition) is 1. The van der Waals surface area contributed by atoms with E-state index in [0.29, 0.717) is 18.7 Å². The fraction of sp³-hybridized carbons (Fsp3) is 0.278. The van der Waals surface area contributed by atoms with Gasteiger partial charge in [-0.3, -0.25) is 4.31 Å². The number of aryl methyl sites for hydroxylation is 1. The average molecular weight is 345 g/mol. The second kappa shape index (κ2) is 6.28. The van der Waals surface area contributed by atoms with Crippen molar-refractivity contribution in [2.45, 2.75) is 31.1 Å². The molecule has 24 heavy (non-hydrogen) atoms. The van der Waals surface area contributed by atoms with Crippen LogP contribution < -0.4 is 4.31 Å². The zero-order chi connectivity index (χ0) is 17.3. The molecule has 0 amide bonds. The number of sulfonamides is 1. The summed E-state index contributed by atoms with van der Waals surface area (Å²) in [5, 5.41) is 9.06. The van der Waals surface area contributed by atoms with Crippen LogP contribution in [0, 0.1) is 0 Å². The maximum Gasteiger partial charge on any atom is 0.335 e. The number of hydrogen-bond acceptors (Lipinski definition) is 3. The lowest BCUT2D eigenvalue weighted by Crippen LogP contribution is -2.29. The molecule has 2 aromatic rings. The lowest BCUT2D eigenvalue weighted by Gasteiger charge is -2.20. The number of aromatic carboxylic acids is 1. The number of carboxylic acid groups (broad SMARTS) is 1. The molecular formula is C18H19NO4S. The normalized spacial score (nSPS) is 13.8. The maximum atomic E-state index is 12.9. The van der Waals surface area contributed by atoms with Gasteiger partial charge in [-0.1, -0.05) is 25.5 Å². The Balaban J connectivity index is 1.94. The molecule has 0 radical (unpaired) electrons. The maximum absolute atomic E-state index is 12.9. The van der Waals surface area contributed by atoms with E-state index in [4.69, 9.17) is 5.11 Å². The Labute approximate surface area is 141 Å². The van der Waals surface area contributed by atoms with E-state index in [9.17, 15) is 13.2 Å². The van der Waals surface area contributed by atoms with E-state index in [1.807, 2.05) is 12.1 Å². The predicted octanol–water partition coefficient (Wildman–Crippen LogP) is 3.09. The summed E-state index contributed by atoms with van der Waals surface area (Å²) in [6.07, 6.45) is 2.45. The average Bonchev–Trinajstić information content (AvgIpc) is 2.99. The summed E-state index contributed by atoms with van der Waals surface area (Å²) in [7, 11) is -3.63. The SMILES string of the molecule is CCCc1ccc(S(=O)(=O)N2CCc3cc(C(=O)O)ccc32)cc1. The molecule has 0 spiro atoms. The Morgan fingerprint density at radius 1 is 1.17 bits per heavy atom. The van der Waals surface area contributed by atoms with Crippen molar-refractivity contribution in [1.82, 2.24) is 0 Å². The Morgan fingerprint density at radius 2 is 1.88 bits per heavy atom. The van der Waals surface area contributed by atoms with Crippen LogP contribution in [0.4, 0.5) is 5.69 Å². The van der Waals surface area contributed by atoms with Gasteiger partial charge in [-0.25, -0.2) is 13.2 Å². The number of fused-ring (bicyclic) bond motifs is 1. The topological polar surface area (TPSA) is 74.7 Å². The highest BCUT2D eigenvalue weighted by Crippen LogP contribution is 2.33. The minimum Gasteiger partial charge on any atom is -0.478 e. The van der Waals surface area contributed by atoms with Gasteiger partial charge in [0.25, 0.3) is 10.0 Å². The molecule has 126 valence electrons. The molecule has 0 unspecified atom stereocenters. The summed E-state index contributed by atoms with van der Waals surface area (Å²) in [6.45, 7) is 2.41. The van der Waals surface area contributed by atoms with Crippen molar-refractivity contribution < 1.29 is 18.3 Å². The molecule has 0 fully saturated rings. The van der Waals surface area contributed by atoms with E-state index < -0.39 is 16.0 Å². The first-order chi connectivity index (χ1) is 11.4. The van der Waals surface area contributed by atoms with Crippen LogP contribution in [0.2, 0.25) is 0 Å². The van der Waals surface area contributed by atoms with Gasteiger partial charge in [-0.15, -0.1) is 0 Å². The van der Waals surface area contributed by atoms with Crippen molar-refractivity contribution in [3.05, 3.63) is 59.2 Å². The molecule has 0 saturated carbocycles. The first-order valence-electron chi connectivity index (χ1n) is 7.91. The summed E-state index contributed by atoms with van der Waals surface area (Å²) in [6, 6.07) is 11.6. The Kier molecular flexibility index (Phi) is 4.32. The number of benzene rings is 2. The lowest BCUT2D eigenvalue weighted by atomic mass is 10.1. The van der Waals surface area contributed by atoms with Gasteiger partial charge < -0.3 is 5.11 Å². The number of anilines is 1. The molecule has 0 aliphatic carbocycles. The third-order valence-electron chi connectivity index (χ3n) is 4.23. The van der Waals surface area contributed by atoms with Crippen LogP contribution >= 0.6 is 0 Å². The van der Waals surface area contributed by atoms with Gasteiger partial charge >= 0.3 is 5.97 Å². The van der Waals surface area contributed by atoms with Crippen LogP contribution in [0.5, 0.6) is 0 Å². The van der Waals surface area contributed by atoms with Gasteiger partial charge in [0.15, 0.2) is 0 Å². The van der Waals surface area contributed by atoms with Crippen molar-refractivity contribution in [2.24, 2.45) is 0 Å². The monoisotopic (exact) mass is 345 g/mol. The number of carbonyl (C=O) groups is 1. The molecule has 2 aromatic carbocycles. The van der Waals surface area contributed by atoms with Crippen LogP contribution in [0.1, 0.15) is 34.8 Å². The molecule has 0 saturated heterocycles. The van der Waals surface area contributed by atoms with Gasteiger partial charge in [0.05, 0.1) is 16.1 Å². The van der Waals surface area contributed by atoms with Crippen LogP contribution in [-0.2, 0) is 22.9 Å². The number of carboxylic acids is 1. The highest BCUT2D eigenvalue weighted by molar-refractivity contribution is 7.92. The van der Waals surface area contributed by atoms with Crippen molar-refractivity contribution >= 4 is 21.7 Å². The molecule has 1 N–H and O–H groups in total. The van der Waals surface area contributed by atoms with Crippen molar-refractivity contribution in [3.63, 3.8) is 0 Å². The van der Waals surface area contributed by atoms with Crippen LogP contribution in [0.3, 0.4) is 0 Å². The molecule has 6 heteroatoms. The number of rotatable bonds is 5. The van der Waals surface area contributed by atoms with Gasteiger partial charge in [-0.2, -0.15) is 0 Å². The van der Waals surface area contributed by atoms with Gasteiger partial charge in [0.1, 0.15) is 0 Å². The Morgan fingerprint density at radius 3 is 2.50 bits per heavy atom. The zero-order valence-corrected chi connectivity index (χ0v) is 14.2. The second-order valence-corrected chi connectivity index (χ2v) is 7.73. The summed E-state index contributed by atoms with van der Waals surface area (Å²) in [5.74, 6) is -1.01. The zero-order valence-electron chi connectivity index (χ0n) is 13.4. The van der Waals surface area contributed by atoms with Gasteiger partial charge in [-0.05, 0) is 54.3 Å². The van der Waals surface area contributed by atoms with E-state index in [1.54, 1.807) is 24.3 Å². The van der Waals surface area contributed by atoms with Gasteiger partial charge in [0.2, 0.25) is 0 Å². The minimum atomic E-state index is -3.63. The Hall–Kier alpha value is -2.34. The third-order valence-corrected chi connectivity index (χ3v) is 6.06. The fourth-order valence-corrected chi connectivity index (χ4v) is 4.50. The quantitative estimate of drug-likeness (QED) is 0.903. The molecule has 1 heterocycles. The van der Waals surface area contributed by atoms with Crippen LogP contribution in [0.15, 0.2) is 47.4 Å². The fourth-order valence-electron chi connectivity index (χ4n) is 3.00. The van der Waals surface area contributed by atoms with Crippen molar-refractivity contribution in [1.29, 1.82) is 0 Å². The molecule has 3 rings (SSSR count). The summed E-state index contributed by atoms with van der Waals surface area (Å²) >= 11 is 0. The molecule has 1 aliphatic heterocycles. The van der Waals surface area contributed by atoms with Crippen molar-refractivity contribution in [2.75, 3.05) is 10.8 Å². The smallest absolute Gasteiger partial charge is 0.335 e. The highest BCUT2D eigenvalue weighted by Gasteiger charge is 2.31. The van der Waals surface area contributed by atoms with Crippen LogP contribution in [-0.4, -0.2) is 26.0 Å². The molecular weight excluding hydrogens is 326 g/mol. The predicted molar refractivity (Wildman–Crippen MR) is 92.1 cm³/mol. The highest BCUT2D eigenvalue weighted by atomic mass is 32.2. The van der Waals surface area contributed by atoms with Gasteiger partial charge in [0, 0.05) is 6.54 Å². The summed E-state index contributed by atoms with van der Waals surface area (Å²) in [5.41, 5.74) is 2.61. The molecule has 5 nitrogen and oxygen atoms in total. The standard InChI is InChI=1S/C18H19NO4S/c1-2-3-13-4-7-16(8-5-13)24(22,23)19-11-10-14-12-15(18(20)21)6-9-17(14)19/h4-9,12H,2-3,10-11H2,1H3,(H,20,21). The molecule has 0 atom stereocenters. The Bertz CT molecular complexity index is 872. The summed E-state index contributed by atoms with van der Waals surface area (Å²) < 4.78 is 27.2. The summed E-state index contributed by atoms with van der Waals surface area (Å²) in [4.78, 5) is 11.3. The van der Waals surface area contributed by atoms with E-state index in [-0.39, 0.29) is 10.5 Å². The van der Waals surface area contributed by atoms with E-state index in [2.05, 4.69) is 6.92 Å². The van der Waals surface area contributed by atoms with Crippen LogP contribution in [0.25, 0.3) is 0 Å². The molecule has 1 aliphatic rings. The molecule has 0 bridgehead atoms. The largest absolute Gasteiger partial charge is 0.478 e. The van der Waals surface area contributed by atoms with E-state index in [0.717, 1.165) is 24.0 Å². The minimum absolute atomic E-state index is 0.178. The third kappa shape index (κ3) is 2.89. The van der Waals surface area contributed by atoms with Crippen molar-refractivity contribution in [3.8, 4) is 0 Å². The molecule has 0 aromatic heterocycles. The first-order valence-corrected chi connectivity index (χ1v) is 9.35.